The molecular weight excluding hydrogens is 280 g/mol. The Morgan fingerprint density at radius 1 is 1.45 bits per heavy atom. The number of hydrogen-bond acceptors (Lipinski definition) is 6. The lowest BCUT2D eigenvalue weighted by atomic mass is 10.1. The highest BCUT2D eigenvalue weighted by Gasteiger charge is 2.14. The topological polar surface area (TPSA) is 82.3 Å². The average molecular weight is 292 g/mol. The van der Waals surface area contributed by atoms with Gasteiger partial charge in [0.25, 0.3) is 5.69 Å². The van der Waals surface area contributed by atoms with Gasteiger partial charge in [0.05, 0.1) is 22.7 Å². The number of aryl methyl sites for hydroxylation is 1. The van der Waals surface area contributed by atoms with Gasteiger partial charge in [-0.25, -0.2) is 9.78 Å². The minimum atomic E-state index is -0.450. The Hall–Kier alpha value is -2.28. The Kier molecular flexibility index (Phi) is 4.41. The van der Waals surface area contributed by atoms with Gasteiger partial charge in [0, 0.05) is 18.1 Å². The molecule has 7 heteroatoms. The molecule has 1 aromatic heterocycles. The first-order chi connectivity index (χ1) is 9.58. The minimum Gasteiger partial charge on any atom is -0.461 e. The van der Waals surface area contributed by atoms with Crippen LogP contribution in [0.5, 0.6) is 0 Å². The quantitative estimate of drug-likeness (QED) is 0.481. The SMILES string of the molecule is Cc1ncc(C(=O)OCCc2ccccc2[N+](=O)[O-])s1. The Balaban J connectivity index is 1.93. The van der Waals surface area contributed by atoms with E-state index < -0.39 is 10.9 Å². The van der Waals surface area contributed by atoms with Crippen molar-refractivity contribution in [1.29, 1.82) is 0 Å². The summed E-state index contributed by atoms with van der Waals surface area (Å²) in [4.78, 5) is 26.5. The molecule has 0 aliphatic rings. The Bertz CT molecular complexity index is 639. The summed E-state index contributed by atoms with van der Waals surface area (Å²) in [6.45, 7) is 1.90. The maximum atomic E-state index is 11.7. The van der Waals surface area contributed by atoms with E-state index in [1.54, 1.807) is 25.1 Å². The molecule has 6 nitrogen and oxygen atoms in total. The van der Waals surface area contributed by atoms with Crippen LogP contribution in [-0.2, 0) is 11.2 Å². The van der Waals surface area contributed by atoms with E-state index in [1.165, 1.54) is 23.6 Å². The number of rotatable bonds is 5. The van der Waals surface area contributed by atoms with Crippen LogP contribution in [0, 0.1) is 17.0 Å². The van der Waals surface area contributed by atoms with Gasteiger partial charge in [-0.2, -0.15) is 0 Å². The lowest BCUT2D eigenvalue weighted by Gasteiger charge is -2.04. The smallest absolute Gasteiger partial charge is 0.349 e. The van der Waals surface area contributed by atoms with Crippen molar-refractivity contribution in [3.63, 3.8) is 0 Å². The third kappa shape index (κ3) is 3.39. The van der Waals surface area contributed by atoms with Crippen molar-refractivity contribution >= 4 is 23.0 Å². The van der Waals surface area contributed by atoms with Crippen LogP contribution in [0.3, 0.4) is 0 Å². The molecule has 0 spiro atoms. The zero-order valence-electron chi connectivity index (χ0n) is 10.7. The molecule has 1 aromatic carbocycles. The summed E-state index contributed by atoms with van der Waals surface area (Å²) in [5.74, 6) is -0.450. The van der Waals surface area contributed by atoms with Gasteiger partial charge in [0.1, 0.15) is 4.88 Å². The number of esters is 1. The number of nitro benzene ring substituents is 1. The number of aromatic nitrogens is 1. The number of hydrogen-bond donors (Lipinski definition) is 0. The molecule has 0 aliphatic carbocycles. The predicted molar refractivity (Wildman–Crippen MR) is 73.9 cm³/mol. The molecule has 0 aliphatic heterocycles. The molecule has 20 heavy (non-hydrogen) atoms. The second kappa shape index (κ2) is 6.25. The molecule has 104 valence electrons. The Morgan fingerprint density at radius 2 is 2.20 bits per heavy atom. The zero-order valence-corrected chi connectivity index (χ0v) is 11.6. The monoisotopic (exact) mass is 292 g/mol. The summed E-state index contributed by atoms with van der Waals surface area (Å²) in [7, 11) is 0. The summed E-state index contributed by atoms with van der Waals surface area (Å²) in [6, 6.07) is 6.41. The molecule has 0 bridgehead atoms. The van der Waals surface area contributed by atoms with Crippen molar-refractivity contribution in [1.82, 2.24) is 4.98 Å². The highest BCUT2D eigenvalue weighted by Crippen LogP contribution is 2.18. The Labute approximate surface area is 119 Å². The van der Waals surface area contributed by atoms with E-state index in [0.29, 0.717) is 16.9 Å². The van der Waals surface area contributed by atoms with Gasteiger partial charge in [-0.05, 0) is 6.92 Å². The summed E-state index contributed by atoms with van der Waals surface area (Å²) in [6.07, 6.45) is 1.77. The molecule has 2 rings (SSSR count). The second-order valence-electron chi connectivity index (χ2n) is 4.02. The Morgan fingerprint density at radius 3 is 2.85 bits per heavy atom. The van der Waals surface area contributed by atoms with Crippen LogP contribution in [0.25, 0.3) is 0 Å². The maximum absolute atomic E-state index is 11.7. The molecule has 0 saturated carbocycles. The largest absolute Gasteiger partial charge is 0.461 e. The summed E-state index contributed by atoms with van der Waals surface area (Å²) in [5, 5.41) is 11.6. The fourth-order valence-corrected chi connectivity index (χ4v) is 2.35. The van der Waals surface area contributed by atoms with Crippen molar-refractivity contribution in [2.45, 2.75) is 13.3 Å². The van der Waals surface area contributed by atoms with Gasteiger partial charge >= 0.3 is 5.97 Å². The first kappa shape index (κ1) is 14.1. The van der Waals surface area contributed by atoms with E-state index in [9.17, 15) is 14.9 Å². The molecule has 0 unspecified atom stereocenters. The summed E-state index contributed by atoms with van der Waals surface area (Å²) in [5.41, 5.74) is 0.586. The lowest BCUT2D eigenvalue weighted by Crippen LogP contribution is -2.07. The van der Waals surface area contributed by atoms with Crippen molar-refractivity contribution in [2.75, 3.05) is 6.61 Å². The molecule has 0 atom stereocenters. The van der Waals surface area contributed by atoms with E-state index in [0.717, 1.165) is 5.01 Å². The van der Waals surface area contributed by atoms with Gasteiger partial charge < -0.3 is 4.74 Å². The third-order valence-electron chi connectivity index (χ3n) is 2.62. The average Bonchev–Trinajstić information content (AvgIpc) is 2.86. The van der Waals surface area contributed by atoms with Crippen molar-refractivity contribution in [3.8, 4) is 0 Å². The van der Waals surface area contributed by atoms with E-state index in [-0.39, 0.29) is 12.3 Å². The first-order valence-corrected chi connectivity index (χ1v) is 6.71. The van der Waals surface area contributed by atoms with Crippen LogP contribution < -0.4 is 0 Å². The highest BCUT2D eigenvalue weighted by atomic mass is 32.1. The van der Waals surface area contributed by atoms with Crippen LogP contribution in [0.4, 0.5) is 5.69 Å². The van der Waals surface area contributed by atoms with E-state index in [4.69, 9.17) is 4.74 Å². The standard InChI is InChI=1S/C13H12N2O4S/c1-9-14-8-12(20-9)13(16)19-7-6-10-4-2-3-5-11(10)15(17)18/h2-5,8H,6-7H2,1H3. The van der Waals surface area contributed by atoms with E-state index in [2.05, 4.69) is 4.98 Å². The summed E-state index contributed by atoms with van der Waals surface area (Å²) < 4.78 is 5.09. The van der Waals surface area contributed by atoms with Crippen LogP contribution >= 0.6 is 11.3 Å². The zero-order chi connectivity index (χ0) is 14.5. The summed E-state index contributed by atoms with van der Waals surface area (Å²) >= 11 is 1.26. The van der Waals surface area contributed by atoms with Gasteiger partial charge in [-0.1, -0.05) is 18.2 Å². The fourth-order valence-electron chi connectivity index (χ4n) is 1.68. The number of thiazole rings is 1. The number of benzene rings is 1. The lowest BCUT2D eigenvalue weighted by molar-refractivity contribution is -0.385. The highest BCUT2D eigenvalue weighted by molar-refractivity contribution is 7.13. The minimum absolute atomic E-state index is 0.0391. The van der Waals surface area contributed by atoms with Gasteiger partial charge in [-0.15, -0.1) is 11.3 Å². The third-order valence-corrected chi connectivity index (χ3v) is 3.51. The molecule has 0 amide bonds. The van der Waals surface area contributed by atoms with Crippen LogP contribution in [0.2, 0.25) is 0 Å². The number of nitro groups is 1. The van der Waals surface area contributed by atoms with Crippen molar-refractivity contribution in [3.05, 3.63) is 56.0 Å². The number of para-hydroxylation sites is 1. The molecule has 0 N–H and O–H groups in total. The fraction of sp³-hybridized carbons (Fsp3) is 0.231. The van der Waals surface area contributed by atoms with Gasteiger partial charge in [0.2, 0.25) is 0 Å². The number of carbonyl (C=O) groups excluding carboxylic acids is 1. The van der Waals surface area contributed by atoms with Gasteiger partial charge in [-0.3, -0.25) is 10.1 Å². The van der Waals surface area contributed by atoms with E-state index >= 15 is 0 Å². The molecule has 0 fully saturated rings. The molecular formula is C13H12N2O4S. The number of carbonyl (C=O) groups is 1. The van der Waals surface area contributed by atoms with Gasteiger partial charge in [0.15, 0.2) is 0 Å². The molecule has 0 radical (unpaired) electrons. The van der Waals surface area contributed by atoms with Crippen LogP contribution in [0.15, 0.2) is 30.5 Å². The first-order valence-electron chi connectivity index (χ1n) is 5.90. The van der Waals surface area contributed by atoms with Crippen LogP contribution in [0.1, 0.15) is 20.2 Å². The molecule has 2 aromatic rings. The normalized spacial score (nSPS) is 10.2. The van der Waals surface area contributed by atoms with Crippen molar-refractivity contribution in [2.24, 2.45) is 0 Å². The van der Waals surface area contributed by atoms with Crippen LogP contribution in [-0.4, -0.2) is 22.5 Å². The predicted octanol–water partition coefficient (Wildman–Crippen LogP) is 2.76. The second-order valence-corrected chi connectivity index (χ2v) is 5.25. The number of nitrogens with zero attached hydrogens (tertiary/aromatic N) is 2. The molecule has 1 heterocycles. The maximum Gasteiger partial charge on any atom is 0.349 e. The van der Waals surface area contributed by atoms with E-state index in [1.807, 2.05) is 0 Å². The molecule has 0 saturated heterocycles. The number of ether oxygens (including phenoxy) is 1. The van der Waals surface area contributed by atoms with Crippen molar-refractivity contribution < 1.29 is 14.5 Å².